The summed E-state index contributed by atoms with van der Waals surface area (Å²) >= 11 is 0. The zero-order valence-electron chi connectivity index (χ0n) is 15.3. The molecule has 29 heavy (non-hydrogen) atoms. The van der Waals surface area contributed by atoms with Crippen LogP contribution in [0.25, 0.3) is 0 Å². The molecule has 0 fully saturated rings. The largest absolute Gasteiger partial charge is 0.356 e. The molecule has 0 radical (unpaired) electrons. The summed E-state index contributed by atoms with van der Waals surface area (Å²) < 4.78 is 22.5. The highest BCUT2D eigenvalue weighted by molar-refractivity contribution is 7.89. The van der Waals surface area contributed by atoms with Crippen LogP contribution in [0, 0.1) is 0 Å². The van der Waals surface area contributed by atoms with Crippen molar-refractivity contribution in [2.75, 3.05) is 11.9 Å². The summed E-state index contributed by atoms with van der Waals surface area (Å²) in [5.41, 5.74) is 1.56. The standard InChI is InChI=1S/C19H20N4O5S/c20-29(27,28)13-7-5-12(6-8-13)9-10-21-17(24)11-16-19(26)22-15-4-2-1-3-14(15)18(25)23-16/h1-8,16H,9-11H2,(H,21,24)(H,22,26)(H,23,25)(H2,20,27,28)/t16-/m0/s1. The van der Waals surface area contributed by atoms with E-state index in [9.17, 15) is 22.8 Å². The van der Waals surface area contributed by atoms with Crippen molar-refractivity contribution in [3.8, 4) is 0 Å². The van der Waals surface area contributed by atoms with Crippen LogP contribution in [-0.2, 0) is 26.0 Å². The van der Waals surface area contributed by atoms with Crippen molar-refractivity contribution in [1.82, 2.24) is 10.6 Å². The van der Waals surface area contributed by atoms with Crippen LogP contribution in [-0.4, -0.2) is 38.7 Å². The summed E-state index contributed by atoms with van der Waals surface area (Å²) in [7, 11) is -3.74. The average Bonchev–Trinajstić information content (AvgIpc) is 2.78. The molecule has 1 aliphatic rings. The lowest BCUT2D eigenvalue weighted by Gasteiger charge is -2.14. The Balaban J connectivity index is 1.52. The number of nitrogens with one attached hydrogen (secondary N) is 3. The summed E-state index contributed by atoms with van der Waals surface area (Å²) in [6, 6.07) is 11.6. The Morgan fingerprint density at radius 1 is 1.07 bits per heavy atom. The second-order valence-electron chi connectivity index (χ2n) is 6.55. The Morgan fingerprint density at radius 2 is 1.76 bits per heavy atom. The van der Waals surface area contributed by atoms with Crippen LogP contribution in [0.2, 0.25) is 0 Å². The van der Waals surface area contributed by atoms with Gasteiger partial charge in [0.25, 0.3) is 5.91 Å². The maximum atomic E-state index is 12.3. The van der Waals surface area contributed by atoms with E-state index in [2.05, 4.69) is 16.0 Å². The summed E-state index contributed by atoms with van der Waals surface area (Å²) in [4.78, 5) is 36.8. The monoisotopic (exact) mass is 416 g/mol. The maximum absolute atomic E-state index is 12.3. The van der Waals surface area contributed by atoms with Gasteiger partial charge in [-0.05, 0) is 36.2 Å². The lowest BCUT2D eigenvalue weighted by atomic mass is 10.1. The molecule has 2 aromatic rings. The van der Waals surface area contributed by atoms with Crippen LogP contribution in [0.1, 0.15) is 22.3 Å². The number of nitrogens with two attached hydrogens (primary N) is 1. The fraction of sp³-hybridized carbons (Fsp3) is 0.211. The molecule has 1 atom stereocenters. The van der Waals surface area contributed by atoms with Gasteiger partial charge in [0.15, 0.2) is 0 Å². The molecule has 9 nitrogen and oxygen atoms in total. The van der Waals surface area contributed by atoms with Crippen LogP contribution >= 0.6 is 0 Å². The zero-order chi connectivity index (χ0) is 21.0. The van der Waals surface area contributed by atoms with E-state index in [4.69, 9.17) is 5.14 Å². The molecule has 10 heteroatoms. The molecule has 0 aromatic heterocycles. The Morgan fingerprint density at radius 3 is 2.45 bits per heavy atom. The summed E-state index contributed by atoms with van der Waals surface area (Å²) in [6.07, 6.45) is 0.265. The number of anilines is 1. The molecule has 152 valence electrons. The number of para-hydroxylation sites is 1. The normalized spacial score (nSPS) is 16.2. The number of carbonyl (C=O) groups excluding carboxylic acids is 3. The van der Waals surface area contributed by atoms with E-state index in [1.807, 2.05) is 0 Å². The molecule has 0 unspecified atom stereocenters. The van der Waals surface area contributed by atoms with Gasteiger partial charge in [-0.15, -0.1) is 0 Å². The minimum absolute atomic E-state index is 0.0152. The number of hydrogen-bond donors (Lipinski definition) is 4. The first-order chi connectivity index (χ1) is 13.7. The van der Waals surface area contributed by atoms with Crippen LogP contribution in [0.15, 0.2) is 53.4 Å². The van der Waals surface area contributed by atoms with Gasteiger partial charge in [0.05, 0.1) is 22.6 Å². The molecule has 0 aliphatic carbocycles. The number of hydrogen-bond acceptors (Lipinski definition) is 5. The molecular formula is C19H20N4O5S. The van der Waals surface area contributed by atoms with E-state index in [1.165, 1.54) is 12.1 Å². The third kappa shape index (κ3) is 5.18. The second-order valence-corrected chi connectivity index (χ2v) is 8.12. The summed E-state index contributed by atoms with van der Waals surface area (Å²) in [5, 5.41) is 12.9. The molecule has 0 saturated heterocycles. The zero-order valence-corrected chi connectivity index (χ0v) is 16.2. The summed E-state index contributed by atoms with van der Waals surface area (Å²) in [5.74, 6) is -1.28. The van der Waals surface area contributed by atoms with E-state index < -0.39 is 33.8 Å². The maximum Gasteiger partial charge on any atom is 0.254 e. The number of carbonyl (C=O) groups is 3. The Bertz CT molecular complexity index is 1050. The number of benzene rings is 2. The van der Waals surface area contributed by atoms with Gasteiger partial charge in [-0.25, -0.2) is 13.6 Å². The van der Waals surface area contributed by atoms with Gasteiger partial charge in [-0.2, -0.15) is 0 Å². The van der Waals surface area contributed by atoms with Gasteiger partial charge in [0.2, 0.25) is 21.8 Å². The topological polar surface area (TPSA) is 147 Å². The molecular weight excluding hydrogens is 396 g/mol. The number of fused-ring (bicyclic) bond motifs is 1. The van der Waals surface area contributed by atoms with Crippen molar-refractivity contribution in [3.05, 3.63) is 59.7 Å². The molecule has 0 bridgehead atoms. The lowest BCUT2D eigenvalue weighted by Crippen LogP contribution is -2.44. The number of primary sulfonamides is 1. The first-order valence-corrected chi connectivity index (χ1v) is 10.4. The first kappa shape index (κ1) is 20.5. The van der Waals surface area contributed by atoms with Crippen LogP contribution in [0.5, 0.6) is 0 Å². The minimum atomic E-state index is -3.74. The van der Waals surface area contributed by atoms with Crippen molar-refractivity contribution in [2.24, 2.45) is 5.14 Å². The Kier molecular flexibility index (Phi) is 5.95. The third-order valence-electron chi connectivity index (χ3n) is 4.43. The molecule has 0 saturated carbocycles. The van der Waals surface area contributed by atoms with Crippen molar-refractivity contribution >= 4 is 33.4 Å². The van der Waals surface area contributed by atoms with Crippen LogP contribution < -0.4 is 21.1 Å². The molecule has 1 heterocycles. The quantitative estimate of drug-likeness (QED) is 0.528. The third-order valence-corrected chi connectivity index (χ3v) is 5.36. The lowest BCUT2D eigenvalue weighted by molar-refractivity contribution is -0.125. The van der Waals surface area contributed by atoms with Crippen molar-refractivity contribution < 1.29 is 22.8 Å². The fourth-order valence-corrected chi connectivity index (χ4v) is 3.42. The van der Waals surface area contributed by atoms with Gasteiger partial charge in [-0.3, -0.25) is 14.4 Å². The molecule has 3 rings (SSSR count). The predicted octanol–water partition coefficient (Wildman–Crippen LogP) is 0.133. The fourth-order valence-electron chi connectivity index (χ4n) is 2.90. The minimum Gasteiger partial charge on any atom is -0.356 e. The van der Waals surface area contributed by atoms with Crippen molar-refractivity contribution in [1.29, 1.82) is 0 Å². The van der Waals surface area contributed by atoms with Gasteiger partial charge in [0.1, 0.15) is 6.04 Å². The SMILES string of the molecule is NS(=O)(=O)c1ccc(CCNC(=O)C[C@@H]2NC(=O)c3ccccc3NC2=O)cc1. The number of rotatable bonds is 6. The van der Waals surface area contributed by atoms with E-state index in [0.29, 0.717) is 17.7 Å². The van der Waals surface area contributed by atoms with Gasteiger partial charge >= 0.3 is 0 Å². The van der Waals surface area contributed by atoms with Gasteiger partial charge in [0, 0.05) is 6.54 Å². The second kappa shape index (κ2) is 8.41. The smallest absolute Gasteiger partial charge is 0.254 e. The predicted molar refractivity (Wildman–Crippen MR) is 105 cm³/mol. The molecule has 0 spiro atoms. The molecule has 2 aromatic carbocycles. The highest BCUT2D eigenvalue weighted by Gasteiger charge is 2.29. The Hall–Kier alpha value is -3.24. The van der Waals surface area contributed by atoms with Crippen LogP contribution in [0.4, 0.5) is 5.69 Å². The van der Waals surface area contributed by atoms with Crippen molar-refractivity contribution in [2.45, 2.75) is 23.8 Å². The van der Waals surface area contributed by atoms with Gasteiger partial charge < -0.3 is 16.0 Å². The molecule has 1 aliphatic heterocycles. The highest BCUT2D eigenvalue weighted by atomic mass is 32.2. The number of sulfonamides is 1. The number of amides is 3. The Labute approximate surface area is 167 Å². The van der Waals surface area contributed by atoms with Gasteiger partial charge in [-0.1, -0.05) is 24.3 Å². The molecule has 3 amide bonds. The summed E-state index contributed by atoms with van der Waals surface area (Å²) in [6.45, 7) is 0.288. The highest BCUT2D eigenvalue weighted by Crippen LogP contribution is 2.18. The van der Waals surface area contributed by atoms with E-state index in [-0.39, 0.29) is 17.9 Å². The average molecular weight is 416 g/mol. The molecule has 5 N–H and O–H groups in total. The first-order valence-electron chi connectivity index (χ1n) is 8.83. The van der Waals surface area contributed by atoms with E-state index in [1.54, 1.807) is 36.4 Å². The van der Waals surface area contributed by atoms with Crippen LogP contribution in [0.3, 0.4) is 0 Å². The van der Waals surface area contributed by atoms with E-state index in [0.717, 1.165) is 5.56 Å². The van der Waals surface area contributed by atoms with E-state index >= 15 is 0 Å². The van der Waals surface area contributed by atoms with Crippen molar-refractivity contribution in [3.63, 3.8) is 0 Å².